The number of aromatic nitrogens is 3. The van der Waals surface area contributed by atoms with Gasteiger partial charge in [0.25, 0.3) is 0 Å². The summed E-state index contributed by atoms with van der Waals surface area (Å²) in [6.07, 6.45) is 3.62. The Kier molecular flexibility index (Phi) is 6.43. The molecule has 0 bridgehead atoms. The number of nitrogens with one attached hydrogen (secondary N) is 1. The molecule has 1 atom stereocenters. The molecule has 3 aromatic rings. The zero-order chi connectivity index (χ0) is 21.7. The van der Waals surface area contributed by atoms with Crippen LogP contribution < -0.4 is 0 Å². The van der Waals surface area contributed by atoms with Gasteiger partial charge in [0.05, 0.1) is 41.4 Å². The van der Waals surface area contributed by atoms with E-state index in [-0.39, 0.29) is 35.5 Å². The highest BCUT2D eigenvalue weighted by Gasteiger charge is 2.26. The standard InChI is InChI=1S/C22H24N4O4S/c27-22(10-5-13-31(28,29)18-6-2-1-3-7-18)26-11-12-30-21(16-26)20-9-4-8-19(25-20)17-14-23-24-15-17/h1-4,6-9,14-15,21H,5,10-13,16H2,(H,23,24)/t21-/m1/s1. The second kappa shape index (κ2) is 9.40. The molecule has 9 heteroatoms. The first-order chi connectivity index (χ1) is 15.0. The number of pyridine rings is 1. The fourth-order valence-electron chi connectivity index (χ4n) is 3.55. The summed E-state index contributed by atoms with van der Waals surface area (Å²) in [6.45, 7) is 1.30. The number of morpholine rings is 1. The lowest BCUT2D eigenvalue weighted by Crippen LogP contribution is -2.42. The van der Waals surface area contributed by atoms with Gasteiger partial charge in [-0.05, 0) is 30.7 Å². The third kappa shape index (κ3) is 5.18. The van der Waals surface area contributed by atoms with Gasteiger partial charge in [0.1, 0.15) is 6.10 Å². The molecule has 1 fully saturated rings. The van der Waals surface area contributed by atoms with Crippen molar-refractivity contribution in [3.05, 3.63) is 66.6 Å². The molecule has 1 amide bonds. The number of sulfone groups is 1. The number of hydrogen-bond acceptors (Lipinski definition) is 6. The van der Waals surface area contributed by atoms with Crippen LogP contribution in [0.2, 0.25) is 0 Å². The average molecular weight is 441 g/mol. The van der Waals surface area contributed by atoms with Crippen LogP contribution in [0.1, 0.15) is 24.6 Å². The Morgan fingerprint density at radius 2 is 2.00 bits per heavy atom. The molecular weight excluding hydrogens is 416 g/mol. The van der Waals surface area contributed by atoms with E-state index < -0.39 is 9.84 Å². The molecule has 0 unspecified atom stereocenters. The minimum absolute atomic E-state index is 0.0508. The molecule has 8 nitrogen and oxygen atoms in total. The molecule has 1 aliphatic heterocycles. The normalized spacial score (nSPS) is 16.9. The maximum absolute atomic E-state index is 12.7. The number of carbonyl (C=O) groups is 1. The van der Waals surface area contributed by atoms with Crippen LogP contribution in [0.15, 0.2) is 65.8 Å². The Bertz CT molecular complexity index is 1120. The van der Waals surface area contributed by atoms with Crippen molar-refractivity contribution in [2.75, 3.05) is 25.4 Å². The van der Waals surface area contributed by atoms with E-state index >= 15 is 0 Å². The molecule has 0 radical (unpaired) electrons. The van der Waals surface area contributed by atoms with Gasteiger partial charge in [0.2, 0.25) is 5.91 Å². The Morgan fingerprint density at radius 1 is 1.16 bits per heavy atom. The van der Waals surface area contributed by atoms with Crippen LogP contribution in [0.25, 0.3) is 11.3 Å². The van der Waals surface area contributed by atoms with E-state index in [4.69, 9.17) is 4.74 Å². The quantitative estimate of drug-likeness (QED) is 0.606. The molecule has 1 saturated heterocycles. The molecule has 1 N–H and O–H groups in total. The van der Waals surface area contributed by atoms with Crippen molar-refractivity contribution >= 4 is 15.7 Å². The summed E-state index contributed by atoms with van der Waals surface area (Å²) in [7, 11) is -3.38. The molecule has 0 saturated carbocycles. The highest BCUT2D eigenvalue weighted by atomic mass is 32.2. The number of amides is 1. The highest BCUT2D eigenvalue weighted by Crippen LogP contribution is 2.24. The first-order valence-corrected chi connectivity index (χ1v) is 11.8. The third-order valence-electron chi connectivity index (χ3n) is 5.22. The van der Waals surface area contributed by atoms with E-state index in [1.807, 2.05) is 18.2 Å². The zero-order valence-electron chi connectivity index (χ0n) is 17.0. The summed E-state index contributed by atoms with van der Waals surface area (Å²) in [5.41, 5.74) is 2.41. The molecule has 4 rings (SSSR count). The van der Waals surface area contributed by atoms with Crippen LogP contribution in [0, 0.1) is 0 Å². The molecule has 31 heavy (non-hydrogen) atoms. The molecule has 1 aromatic carbocycles. The predicted octanol–water partition coefficient (Wildman–Crippen LogP) is 2.63. The lowest BCUT2D eigenvalue weighted by atomic mass is 10.1. The molecule has 2 aromatic heterocycles. The van der Waals surface area contributed by atoms with Gasteiger partial charge in [0.15, 0.2) is 9.84 Å². The second-order valence-corrected chi connectivity index (χ2v) is 9.48. The SMILES string of the molecule is O=C(CCCS(=O)(=O)c1ccccc1)N1CCO[C@@H](c2cccc(-c3cn[nH]c3)n2)C1. The average Bonchev–Trinajstić information content (AvgIpc) is 3.35. The summed E-state index contributed by atoms with van der Waals surface area (Å²) in [5.74, 6) is -0.118. The van der Waals surface area contributed by atoms with Gasteiger partial charge in [0, 0.05) is 24.7 Å². The first kappa shape index (κ1) is 21.2. The van der Waals surface area contributed by atoms with Gasteiger partial charge in [-0.15, -0.1) is 0 Å². The summed E-state index contributed by atoms with van der Waals surface area (Å²) in [4.78, 5) is 19.4. The van der Waals surface area contributed by atoms with Crippen LogP contribution in [0.5, 0.6) is 0 Å². The van der Waals surface area contributed by atoms with Crippen LogP contribution in [0.3, 0.4) is 0 Å². The fraction of sp³-hybridized carbons (Fsp3) is 0.318. The summed E-state index contributed by atoms with van der Waals surface area (Å²) in [6, 6.07) is 14.0. The first-order valence-electron chi connectivity index (χ1n) is 10.2. The molecule has 0 aliphatic carbocycles. The van der Waals surface area contributed by atoms with Gasteiger partial charge in [-0.1, -0.05) is 24.3 Å². The fourth-order valence-corrected chi connectivity index (χ4v) is 4.89. The number of carbonyl (C=O) groups excluding carboxylic acids is 1. The van der Waals surface area contributed by atoms with Crippen molar-refractivity contribution in [2.24, 2.45) is 0 Å². The largest absolute Gasteiger partial charge is 0.368 e. The Hall–Kier alpha value is -3.04. The number of H-pyrrole nitrogens is 1. The van der Waals surface area contributed by atoms with Gasteiger partial charge in [-0.25, -0.2) is 13.4 Å². The molecule has 0 spiro atoms. The summed E-state index contributed by atoms with van der Waals surface area (Å²) >= 11 is 0. The minimum Gasteiger partial charge on any atom is -0.368 e. The molecular formula is C22H24N4O4S. The summed E-state index contributed by atoms with van der Waals surface area (Å²) in [5, 5.41) is 6.72. The topological polar surface area (TPSA) is 105 Å². The van der Waals surface area contributed by atoms with E-state index in [0.717, 1.165) is 17.0 Å². The predicted molar refractivity (Wildman–Crippen MR) is 115 cm³/mol. The molecule has 3 heterocycles. The van der Waals surface area contributed by atoms with Crippen LogP contribution in [-0.2, 0) is 19.4 Å². The smallest absolute Gasteiger partial charge is 0.222 e. The zero-order valence-corrected chi connectivity index (χ0v) is 17.8. The van der Waals surface area contributed by atoms with Gasteiger partial charge in [-0.3, -0.25) is 9.89 Å². The third-order valence-corrected chi connectivity index (χ3v) is 7.04. The van der Waals surface area contributed by atoms with E-state index in [0.29, 0.717) is 19.7 Å². The van der Waals surface area contributed by atoms with E-state index in [1.165, 1.54) is 0 Å². The lowest BCUT2D eigenvalue weighted by Gasteiger charge is -2.33. The Balaban J connectivity index is 1.34. The maximum Gasteiger partial charge on any atom is 0.222 e. The number of rotatable bonds is 7. The highest BCUT2D eigenvalue weighted by molar-refractivity contribution is 7.91. The maximum atomic E-state index is 12.7. The van der Waals surface area contributed by atoms with Crippen molar-refractivity contribution in [2.45, 2.75) is 23.8 Å². The number of nitrogens with zero attached hydrogens (tertiary/aromatic N) is 3. The van der Waals surface area contributed by atoms with Crippen molar-refractivity contribution in [1.82, 2.24) is 20.1 Å². The van der Waals surface area contributed by atoms with Crippen LogP contribution in [0.4, 0.5) is 0 Å². The van der Waals surface area contributed by atoms with Crippen molar-refractivity contribution in [3.8, 4) is 11.3 Å². The number of ether oxygens (including phenoxy) is 1. The number of benzene rings is 1. The Labute approximate surface area is 181 Å². The molecule has 1 aliphatic rings. The number of aromatic amines is 1. The second-order valence-electron chi connectivity index (χ2n) is 7.37. The molecule has 162 valence electrons. The van der Waals surface area contributed by atoms with Crippen LogP contribution >= 0.6 is 0 Å². The summed E-state index contributed by atoms with van der Waals surface area (Å²) < 4.78 is 30.7. The van der Waals surface area contributed by atoms with E-state index in [9.17, 15) is 13.2 Å². The van der Waals surface area contributed by atoms with Crippen molar-refractivity contribution < 1.29 is 17.9 Å². The van der Waals surface area contributed by atoms with Crippen LogP contribution in [-0.4, -0.2) is 59.9 Å². The van der Waals surface area contributed by atoms with Gasteiger partial charge < -0.3 is 9.64 Å². The van der Waals surface area contributed by atoms with Crippen molar-refractivity contribution in [3.63, 3.8) is 0 Å². The minimum atomic E-state index is -3.38. The van der Waals surface area contributed by atoms with Gasteiger partial charge >= 0.3 is 0 Å². The Morgan fingerprint density at radius 3 is 2.77 bits per heavy atom. The monoisotopic (exact) mass is 440 g/mol. The van der Waals surface area contributed by atoms with Gasteiger partial charge in [-0.2, -0.15) is 5.10 Å². The number of hydrogen-bond donors (Lipinski definition) is 1. The van der Waals surface area contributed by atoms with E-state index in [1.54, 1.807) is 47.6 Å². The van der Waals surface area contributed by atoms with Crippen molar-refractivity contribution in [1.29, 1.82) is 0 Å². The van der Waals surface area contributed by atoms with E-state index in [2.05, 4.69) is 15.2 Å². The lowest BCUT2D eigenvalue weighted by molar-refractivity contribution is -0.139.